The van der Waals surface area contributed by atoms with Gasteiger partial charge in [0, 0.05) is 24.7 Å². The highest BCUT2D eigenvalue weighted by molar-refractivity contribution is 5.79. The van der Waals surface area contributed by atoms with Crippen molar-refractivity contribution in [3.63, 3.8) is 0 Å². The van der Waals surface area contributed by atoms with E-state index in [9.17, 15) is 4.79 Å². The number of benzene rings is 1. The predicted molar refractivity (Wildman–Crippen MR) is 76.9 cm³/mol. The number of aromatic nitrogens is 2. The fourth-order valence-electron chi connectivity index (χ4n) is 2.15. The van der Waals surface area contributed by atoms with Crippen molar-refractivity contribution in [2.75, 3.05) is 13.7 Å². The first-order valence-electron chi connectivity index (χ1n) is 6.62. The van der Waals surface area contributed by atoms with Gasteiger partial charge in [0.05, 0.1) is 7.11 Å². The highest BCUT2D eigenvalue weighted by Crippen LogP contribution is 2.19. The van der Waals surface area contributed by atoms with Crippen LogP contribution < -0.4 is 10.5 Å². The number of hydrogen-bond acceptors (Lipinski definition) is 4. The lowest BCUT2D eigenvalue weighted by Crippen LogP contribution is -2.16. The Bertz CT molecular complexity index is 578. The molecule has 0 saturated carbocycles. The molecule has 1 heterocycles. The van der Waals surface area contributed by atoms with E-state index in [2.05, 4.69) is 4.98 Å². The maximum atomic E-state index is 12.2. The van der Waals surface area contributed by atoms with E-state index in [1.165, 1.54) is 0 Å². The second-order valence-corrected chi connectivity index (χ2v) is 4.50. The number of carbonyl (C=O) groups excluding carboxylic acids is 1. The SMILES string of the molecule is COc1ccccc1CCC(=O)n1cncc1CCN. The monoisotopic (exact) mass is 273 g/mol. The van der Waals surface area contributed by atoms with Crippen molar-refractivity contribution in [1.29, 1.82) is 0 Å². The van der Waals surface area contributed by atoms with Gasteiger partial charge in [0.1, 0.15) is 12.1 Å². The zero-order valence-corrected chi connectivity index (χ0v) is 11.6. The summed E-state index contributed by atoms with van der Waals surface area (Å²) >= 11 is 0. The number of hydrogen-bond donors (Lipinski definition) is 1. The van der Waals surface area contributed by atoms with Crippen molar-refractivity contribution in [2.24, 2.45) is 5.73 Å². The molecule has 0 bridgehead atoms. The molecule has 0 saturated heterocycles. The van der Waals surface area contributed by atoms with E-state index in [1.807, 2.05) is 24.3 Å². The minimum Gasteiger partial charge on any atom is -0.496 e. The lowest BCUT2D eigenvalue weighted by molar-refractivity contribution is 0.0899. The Kier molecular flexibility index (Phi) is 4.90. The molecule has 0 spiro atoms. The number of carbonyl (C=O) groups is 1. The molecule has 0 aliphatic carbocycles. The van der Waals surface area contributed by atoms with Gasteiger partial charge in [-0.1, -0.05) is 18.2 Å². The Hall–Kier alpha value is -2.14. The van der Waals surface area contributed by atoms with Crippen LogP contribution in [0.1, 0.15) is 22.5 Å². The summed E-state index contributed by atoms with van der Waals surface area (Å²) in [6.45, 7) is 0.505. The maximum absolute atomic E-state index is 12.2. The van der Waals surface area contributed by atoms with Crippen LogP contribution in [0.5, 0.6) is 5.75 Å². The summed E-state index contributed by atoms with van der Waals surface area (Å²) in [6, 6.07) is 7.73. The molecule has 1 aromatic heterocycles. The molecular weight excluding hydrogens is 254 g/mol. The van der Waals surface area contributed by atoms with E-state index in [-0.39, 0.29) is 5.91 Å². The van der Waals surface area contributed by atoms with E-state index >= 15 is 0 Å². The van der Waals surface area contributed by atoms with E-state index in [4.69, 9.17) is 10.5 Å². The molecule has 0 atom stereocenters. The first-order chi connectivity index (χ1) is 9.76. The van der Waals surface area contributed by atoms with E-state index in [1.54, 1.807) is 24.2 Å². The molecule has 0 radical (unpaired) electrons. The first kappa shape index (κ1) is 14.3. The Labute approximate surface area is 118 Å². The average molecular weight is 273 g/mol. The quantitative estimate of drug-likeness (QED) is 0.869. The topological polar surface area (TPSA) is 70.1 Å². The summed E-state index contributed by atoms with van der Waals surface area (Å²) in [6.07, 6.45) is 4.95. The summed E-state index contributed by atoms with van der Waals surface area (Å²) in [4.78, 5) is 16.2. The third-order valence-corrected chi connectivity index (χ3v) is 3.19. The van der Waals surface area contributed by atoms with Gasteiger partial charge >= 0.3 is 0 Å². The normalized spacial score (nSPS) is 10.5. The van der Waals surface area contributed by atoms with Gasteiger partial charge in [0.15, 0.2) is 0 Å². The smallest absolute Gasteiger partial charge is 0.232 e. The summed E-state index contributed by atoms with van der Waals surface area (Å²) in [5, 5.41) is 0. The minimum atomic E-state index is 0.0249. The first-order valence-corrected chi connectivity index (χ1v) is 6.62. The van der Waals surface area contributed by atoms with Crippen LogP contribution in [0.15, 0.2) is 36.8 Å². The standard InChI is InChI=1S/C15H19N3O2/c1-20-14-5-3-2-4-12(14)6-7-15(19)18-11-17-10-13(18)8-9-16/h2-5,10-11H,6-9,16H2,1H3. The Morgan fingerprint density at radius 2 is 2.15 bits per heavy atom. The molecule has 1 aromatic carbocycles. The lowest BCUT2D eigenvalue weighted by atomic mass is 10.1. The fraction of sp³-hybridized carbons (Fsp3) is 0.333. The lowest BCUT2D eigenvalue weighted by Gasteiger charge is -2.09. The van der Waals surface area contributed by atoms with E-state index < -0.39 is 0 Å². The zero-order valence-electron chi connectivity index (χ0n) is 11.6. The van der Waals surface area contributed by atoms with Crippen molar-refractivity contribution in [3.05, 3.63) is 48.0 Å². The number of nitrogens with two attached hydrogens (primary N) is 1. The van der Waals surface area contributed by atoms with Gasteiger partial charge in [-0.05, 0) is 24.6 Å². The van der Waals surface area contributed by atoms with Gasteiger partial charge in [-0.3, -0.25) is 9.36 Å². The summed E-state index contributed by atoms with van der Waals surface area (Å²) in [7, 11) is 1.63. The molecule has 0 aliphatic rings. The number of ether oxygens (including phenoxy) is 1. The Balaban J connectivity index is 2.03. The zero-order chi connectivity index (χ0) is 14.4. The third-order valence-electron chi connectivity index (χ3n) is 3.19. The van der Waals surface area contributed by atoms with Crippen LogP contribution in [-0.2, 0) is 12.8 Å². The molecule has 0 unspecified atom stereocenters. The van der Waals surface area contributed by atoms with Crippen LogP contribution in [0, 0.1) is 0 Å². The number of nitrogens with zero attached hydrogens (tertiary/aromatic N) is 2. The number of imidazole rings is 1. The van der Waals surface area contributed by atoms with Crippen molar-refractivity contribution < 1.29 is 9.53 Å². The van der Waals surface area contributed by atoms with Gasteiger partial charge in [0.2, 0.25) is 5.91 Å². The van der Waals surface area contributed by atoms with Crippen molar-refractivity contribution in [2.45, 2.75) is 19.3 Å². The largest absolute Gasteiger partial charge is 0.496 e. The number of methoxy groups -OCH3 is 1. The molecular formula is C15H19N3O2. The molecule has 5 nitrogen and oxygen atoms in total. The number of aryl methyl sites for hydroxylation is 1. The van der Waals surface area contributed by atoms with E-state index in [0.29, 0.717) is 25.8 Å². The summed E-state index contributed by atoms with van der Waals surface area (Å²) < 4.78 is 6.87. The van der Waals surface area contributed by atoms with Crippen molar-refractivity contribution >= 4 is 5.91 Å². The molecule has 2 aromatic rings. The van der Waals surface area contributed by atoms with Crippen LogP contribution in [0.25, 0.3) is 0 Å². The third kappa shape index (κ3) is 3.24. The fourth-order valence-corrected chi connectivity index (χ4v) is 2.15. The van der Waals surface area contributed by atoms with Crippen LogP contribution in [0.4, 0.5) is 0 Å². The highest BCUT2D eigenvalue weighted by atomic mass is 16.5. The van der Waals surface area contributed by atoms with Crippen LogP contribution in [-0.4, -0.2) is 29.1 Å². The second kappa shape index (κ2) is 6.86. The molecule has 20 heavy (non-hydrogen) atoms. The maximum Gasteiger partial charge on any atom is 0.232 e. The van der Waals surface area contributed by atoms with Crippen LogP contribution in [0.2, 0.25) is 0 Å². The predicted octanol–water partition coefficient (Wildman–Crippen LogP) is 1.67. The van der Waals surface area contributed by atoms with Crippen molar-refractivity contribution in [3.8, 4) is 5.75 Å². The van der Waals surface area contributed by atoms with Gasteiger partial charge in [0.25, 0.3) is 0 Å². The van der Waals surface area contributed by atoms with Crippen molar-refractivity contribution in [1.82, 2.24) is 9.55 Å². The van der Waals surface area contributed by atoms with Crippen LogP contribution in [0.3, 0.4) is 0 Å². The van der Waals surface area contributed by atoms with Crippen LogP contribution >= 0.6 is 0 Å². The van der Waals surface area contributed by atoms with Gasteiger partial charge < -0.3 is 10.5 Å². The molecule has 2 rings (SSSR count). The second-order valence-electron chi connectivity index (χ2n) is 4.50. The van der Waals surface area contributed by atoms with Gasteiger partial charge in [-0.2, -0.15) is 0 Å². The van der Waals surface area contributed by atoms with Gasteiger partial charge in [-0.15, -0.1) is 0 Å². The number of para-hydroxylation sites is 1. The van der Waals surface area contributed by atoms with E-state index in [0.717, 1.165) is 17.0 Å². The number of rotatable bonds is 6. The molecule has 2 N–H and O–H groups in total. The minimum absolute atomic E-state index is 0.0249. The molecule has 0 amide bonds. The Morgan fingerprint density at radius 3 is 2.90 bits per heavy atom. The molecule has 5 heteroatoms. The summed E-state index contributed by atoms with van der Waals surface area (Å²) in [5.74, 6) is 0.838. The highest BCUT2D eigenvalue weighted by Gasteiger charge is 2.11. The molecule has 0 fully saturated rings. The average Bonchev–Trinajstić information content (AvgIpc) is 2.94. The molecule has 106 valence electrons. The molecule has 0 aliphatic heterocycles. The summed E-state index contributed by atoms with van der Waals surface area (Å²) in [5.41, 5.74) is 7.41. The Morgan fingerprint density at radius 1 is 1.35 bits per heavy atom. The van der Waals surface area contributed by atoms with Gasteiger partial charge in [-0.25, -0.2) is 4.98 Å².